The summed E-state index contributed by atoms with van der Waals surface area (Å²) in [5.74, 6) is 0.0155. The molecule has 5 heteroatoms. The quantitative estimate of drug-likeness (QED) is 0.784. The van der Waals surface area contributed by atoms with Gasteiger partial charge in [0.2, 0.25) is 0 Å². The molecule has 1 saturated heterocycles. The van der Waals surface area contributed by atoms with Gasteiger partial charge in [-0.25, -0.2) is 0 Å². The third kappa shape index (κ3) is 3.21. The molecule has 0 N–H and O–H groups in total. The van der Waals surface area contributed by atoms with Crippen molar-refractivity contribution in [3.63, 3.8) is 0 Å². The molecule has 0 spiro atoms. The molecular weight excluding hydrogens is 305 g/mol. The van der Waals surface area contributed by atoms with Gasteiger partial charge in [0.15, 0.2) is 0 Å². The summed E-state index contributed by atoms with van der Waals surface area (Å²) >= 11 is 9.25. The van der Waals surface area contributed by atoms with Crippen molar-refractivity contribution in [2.75, 3.05) is 25.0 Å². The number of benzene rings is 1. The first kappa shape index (κ1) is 12.9. The predicted octanol–water partition coefficient (Wildman–Crippen LogP) is 2.58. The van der Waals surface area contributed by atoms with Gasteiger partial charge in [0, 0.05) is 29.0 Å². The summed E-state index contributed by atoms with van der Waals surface area (Å²) < 4.78 is 5.50. The van der Waals surface area contributed by atoms with Crippen LogP contribution in [0.1, 0.15) is 10.4 Å². The molecule has 0 saturated carbocycles. The molecule has 1 aromatic rings. The number of halogens is 2. The van der Waals surface area contributed by atoms with E-state index in [1.54, 1.807) is 29.2 Å². The molecule has 0 radical (unpaired) electrons. The number of hydrogen-bond acceptors (Lipinski definition) is 2. The van der Waals surface area contributed by atoms with E-state index in [0.717, 1.165) is 5.33 Å². The summed E-state index contributed by atoms with van der Waals surface area (Å²) in [5.41, 5.74) is 0.632. The van der Waals surface area contributed by atoms with Gasteiger partial charge in [0.05, 0.1) is 12.7 Å². The average molecular weight is 319 g/mol. The average Bonchev–Trinajstić information content (AvgIpc) is 2.38. The van der Waals surface area contributed by atoms with Gasteiger partial charge in [0.25, 0.3) is 5.91 Å². The Balaban J connectivity index is 2.09. The van der Waals surface area contributed by atoms with E-state index < -0.39 is 0 Å². The van der Waals surface area contributed by atoms with Crippen molar-refractivity contribution in [2.24, 2.45) is 0 Å². The highest BCUT2D eigenvalue weighted by Gasteiger charge is 2.24. The molecule has 1 amide bonds. The van der Waals surface area contributed by atoms with Crippen molar-refractivity contribution < 1.29 is 9.53 Å². The second kappa shape index (κ2) is 5.85. The maximum Gasteiger partial charge on any atom is 0.254 e. The second-order valence-corrected chi connectivity index (χ2v) is 4.99. The number of hydrogen-bond donors (Lipinski definition) is 0. The summed E-state index contributed by atoms with van der Waals surface area (Å²) in [4.78, 5) is 14.0. The van der Waals surface area contributed by atoms with E-state index in [-0.39, 0.29) is 12.0 Å². The Kier molecular flexibility index (Phi) is 4.42. The smallest absolute Gasteiger partial charge is 0.254 e. The molecule has 1 atom stereocenters. The van der Waals surface area contributed by atoms with Gasteiger partial charge < -0.3 is 9.64 Å². The lowest BCUT2D eigenvalue weighted by Gasteiger charge is -2.32. The van der Waals surface area contributed by atoms with Crippen LogP contribution in [0.2, 0.25) is 5.02 Å². The van der Waals surface area contributed by atoms with Crippen LogP contribution in [0.25, 0.3) is 0 Å². The van der Waals surface area contributed by atoms with E-state index in [0.29, 0.717) is 30.3 Å². The molecule has 0 bridgehead atoms. The van der Waals surface area contributed by atoms with Gasteiger partial charge in [-0.05, 0) is 18.2 Å². The van der Waals surface area contributed by atoms with Gasteiger partial charge in [-0.1, -0.05) is 33.6 Å². The maximum atomic E-state index is 12.2. The molecule has 1 heterocycles. The lowest BCUT2D eigenvalue weighted by Crippen LogP contribution is -2.46. The highest BCUT2D eigenvalue weighted by molar-refractivity contribution is 9.09. The Hall–Kier alpha value is -0.580. The van der Waals surface area contributed by atoms with E-state index in [1.165, 1.54) is 0 Å². The SMILES string of the molecule is O=C(c1cccc(Cl)c1)N1CCOC(CBr)C1. The summed E-state index contributed by atoms with van der Waals surface area (Å²) in [6.07, 6.45) is 0.0758. The number of ether oxygens (including phenoxy) is 1. The molecule has 1 unspecified atom stereocenters. The molecule has 17 heavy (non-hydrogen) atoms. The summed E-state index contributed by atoms with van der Waals surface area (Å²) in [6.45, 7) is 1.84. The van der Waals surface area contributed by atoms with E-state index in [2.05, 4.69) is 15.9 Å². The minimum absolute atomic E-state index is 0.0155. The molecule has 1 aliphatic rings. The normalized spacial score (nSPS) is 20.4. The van der Waals surface area contributed by atoms with E-state index in [9.17, 15) is 4.79 Å². The van der Waals surface area contributed by atoms with Crippen LogP contribution in [-0.2, 0) is 4.74 Å². The van der Waals surface area contributed by atoms with Gasteiger partial charge >= 0.3 is 0 Å². The van der Waals surface area contributed by atoms with E-state index in [1.807, 2.05) is 0 Å². The third-order valence-corrected chi connectivity index (χ3v) is 3.63. The van der Waals surface area contributed by atoms with E-state index >= 15 is 0 Å². The number of morpholine rings is 1. The zero-order valence-corrected chi connectivity index (χ0v) is 11.6. The fourth-order valence-corrected chi connectivity index (χ4v) is 2.38. The number of amides is 1. The van der Waals surface area contributed by atoms with Crippen LogP contribution in [0, 0.1) is 0 Å². The Bertz CT molecular complexity index is 413. The van der Waals surface area contributed by atoms with Gasteiger partial charge in [-0.2, -0.15) is 0 Å². The van der Waals surface area contributed by atoms with Crippen LogP contribution in [0.4, 0.5) is 0 Å². The summed E-state index contributed by atoms with van der Waals surface area (Å²) in [5, 5.41) is 1.33. The maximum absolute atomic E-state index is 12.2. The van der Waals surface area contributed by atoms with Crippen molar-refractivity contribution in [3.8, 4) is 0 Å². The zero-order chi connectivity index (χ0) is 12.3. The first-order valence-electron chi connectivity index (χ1n) is 5.43. The highest BCUT2D eigenvalue weighted by Crippen LogP contribution is 2.15. The molecule has 0 aliphatic carbocycles. The van der Waals surface area contributed by atoms with Crippen LogP contribution in [0.5, 0.6) is 0 Å². The molecule has 92 valence electrons. The number of rotatable bonds is 2. The van der Waals surface area contributed by atoms with Crippen molar-refractivity contribution in [1.82, 2.24) is 4.90 Å². The Morgan fingerprint density at radius 3 is 3.12 bits per heavy atom. The Morgan fingerprint density at radius 2 is 2.41 bits per heavy atom. The summed E-state index contributed by atoms with van der Waals surface area (Å²) in [7, 11) is 0. The second-order valence-electron chi connectivity index (χ2n) is 3.91. The number of nitrogens with zero attached hydrogens (tertiary/aromatic N) is 1. The molecule has 1 fully saturated rings. The molecule has 1 aromatic carbocycles. The number of carbonyl (C=O) groups is 1. The molecule has 2 rings (SSSR count). The minimum atomic E-state index is 0.0155. The number of alkyl halides is 1. The summed E-state index contributed by atoms with van der Waals surface area (Å²) in [6, 6.07) is 7.03. The van der Waals surface area contributed by atoms with Crippen LogP contribution >= 0.6 is 27.5 Å². The topological polar surface area (TPSA) is 29.5 Å². The minimum Gasteiger partial charge on any atom is -0.374 e. The van der Waals surface area contributed by atoms with E-state index in [4.69, 9.17) is 16.3 Å². The van der Waals surface area contributed by atoms with Crippen molar-refractivity contribution in [2.45, 2.75) is 6.10 Å². The first-order chi connectivity index (χ1) is 8.20. The first-order valence-corrected chi connectivity index (χ1v) is 6.93. The Morgan fingerprint density at radius 1 is 1.59 bits per heavy atom. The zero-order valence-electron chi connectivity index (χ0n) is 9.23. The van der Waals surface area contributed by atoms with Crippen LogP contribution in [-0.4, -0.2) is 41.9 Å². The Labute approximate surface area is 114 Å². The molecule has 0 aromatic heterocycles. The van der Waals surface area contributed by atoms with Crippen molar-refractivity contribution in [3.05, 3.63) is 34.9 Å². The van der Waals surface area contributed by atoms with Crippen LogP contribution in [0.15, 0.2) is 24.3 Å². The monoisotopic (exact) mass is 317 g/mol. The van der Waals surface area contributed by atoms with Crippen molar-refractivity contribution >= 4 is 33.4 Å². The number of carbonyl (C=O) groups excluding carboxylic acids is 1. The van der Waals surface area contributed by atoms with Crippen LogP contribution in [0.3, 0.4) is 0 Å². The van der Waals surface area contributed by atoms with Gasteiger partial charge in [-0.3, -0.25) is 4.79 Å². The molecular formula is C12H13BrClNO2. The predicted molar refractivity (Wildman–Crippen MR) is 70.9 cm³/mol. The third-order valence-electron chi connectivity index (χ3n) is 2.67. The molecule has 3 nitrogen and oxygen atoms in total. The fraction of sp³-hybridized carbons (Fsp3) is 0.417. The fourth-order valence-electron chi connectivity index (χ4n) is 1.80. The van der Waals surface area contributed by atoms with Gasteiger partial charge in [-0.15, -0.1) is 0 Å². The lowest BCUT2D eigenvalue weighted by molar-refractivity contribution is -0.00964. The standard InChI is InChI=1S/C12H13BrClNO2/c13-7-11-8-15(4-5-17-11)12(16)9-2-1-3-10(14)6-9/h1-3,6,11H,4-5,7-8H2. The van der Waals surface area contributed by atoms with Crippen LogP contribution < -0.4 is 0 Å². The van der Waals surface area contributed by atoms with Crippen molar-refractivity contribution in [1.29, 1.82) is 0 Å². The van der Waals surface area contributed by atoms with Gasteiger partial charge in [0.1, 0.15) is 0 Å². The lowest BCUT2D eigenvalue weighted by atomic mass is 10.2. The molecule has 1 aliphatic heterocycles. The largest absolute Gasteiger partial charge is 0.374 e. The highest BCUT2D eigenvalue weighted by atomic mass is 79.9.